The Morgan fingerprint density at radius 2 is 1.96 bits per heavy atom. The molecule has 6 heteroatoms. The van der Waals surface area contributed by atoms with Gasteiger partial charge in [0.25, 0.3) is 5.91 Å². The number of carbonyl (C=O) groups is 1. The molecule has 2 aromatic carbocycles. The third-order valence-corrected chi connectivity index (χ3v) is 3.29. The zero-order chi connectivity index (χ0) is 16.2. The van der Waals surface area contributed by atoms with Gasteiger partial charge in [-0.15, -0.1) is 0 Å². The van der Waals surface area contributed by atoms with E-state index in [2.05, 4.69) is 5.32 Å². The molecule has 120 valence electrons. The number of hydrogen-bond acceptors (Lipinski definition) is 4. The van der Waals surface area contributed by atoms with Crippen LogP contribution >= 0.6 is 0 Å². The fourth-order valence-electron chi connectivity index (χ4n) is 2.16. The van der Waals surface area contributed by atoms with Crippen LogP contribution in [-0.2, 0) is 4.79 Å². The summed E-state index contributed by atoms with van der Waals surface area (Å²) in [5, 5.41) is 2.73. The maximum absolute atomic E-state index is 13.1. The minimum atomic E-state index is -0.773. The first-order chi connectivity index (χ1) is 11.1. The van der Waals surface area contributed by atoms with Crippen LogP contribution in [0.3, 0.4) is 0 Å². The fraction of sp³-hybridized carbons (Fsp3) is 0.235. The fourth-order valence-corrected chi connectivity index (χ4v) is 2.16. The van der Waals surface area contributed by atoms with Crippen molar-refractivity contribution < 1.29 is 23.4 Å². The Kier molecular flexibility index (Phi) is 4.32. The van der Waals surface area contributed by atoms with Gasteiger partial charge in [0.1, 0.15) is 24.8 Å². The summed E-state index contributed by atoms with van der Waals surface area (Å²) >= 11 is 0. The minimum Gasteiger partial charge on any atom is -0.486 e. The van der Waals surface area contributed by atoms with E-state index < -0.39 is 11.9 Å². The van der Waals surface area contributed by atoms with E-state index in [0.29, 0.717) is 36.1 Å². The van der Waals surface area contributed by atoms with E-state index in [1.807, 2.05) is 0 Å². The summed E-state index contributed by atoms with van der Waals surface area (Å²) in [6.07, 6.45) is -0.773. The molecule has 0 aliphatic carbocycles. The van der Waals surface area contributed by atoms with Gasteiger partial charge in [0.15, 0.2) is 17.6 Å². The molecule has 23 heavy (non-hydrogen) atoms. The molecule has 1 heterocycles. The molecule has 1 atom stereocenters. The van der Waals surface area contributed by atoms with Gasteiger partial charge in [0, 0.05) is 17.8 Å². The Labute approximate surface area is 133 Å². The number of halogens is 1. The molecule has 2 aromatic rings. The van der Waals surface area contributed by atoms with Crippen LogP contribution in [-0.4, -0.2) is 25.2 Å². The summed E-state index contributed by atoms with van der Waals surface area (Å²) in [7, 11) is 0. The van der Waals surface area contributed by atoms with E-state index in [1.165, 1.54) is 18.2 Å². The smallest absolute Gasteiger partial charge is 0.265 e. The van der Waals surface area contributed by atoms with Crippen molar-refractivity contribution in [3.05, 3.63) is 48.3 Å². The van der Waals surface area contributed by atoms with Gasteiger partial charge in [-0.1, -0.05) is 6.07 Å². The molecule has 3 rings (SSSR count). The van der Waals surface area contributed by atoms with Crippen LogP contribution < -0.4 is 19.5 Å². The largest absolute Gasteiger partial charge is 0.486 e. The number of ether oxygens (including phenoxy) is 3. The molecule has 5 nitrogen and oxygen atoms in total. The summed E-state index contributed by atoms with van der Waals surface area (Å²) in [4.78, 5) is 12.2. The van der Waals surface area contributed by atoms with Crippen molar-refractivity contribution in [1.29, 1.82) is 0 Å². The zero-order valence-electron chi connectivity index (χ0n) is 12.5. The van der Waals surface area contributed by atoms with Gasteiger partial charge in [0.2, 0.25) is 0 Å². The van der Waals surface area contributed by atoms with Crippen molar-refractivity contribution in [2.45, 2.75) is 13.0 Å². The molecular weight excluding hydrogens is 301 g/mol. The molecule has 0 unspecified atom stereocenters. The first-order valence-corrected chi connectivity index (χ1v) is 7.24. The van der Waals surface area contributed by atoms with Crippen molar-refractivity contribution in [3.8, 4) is 17.2 Å². The number of rotatable bonds is 4. The Morgan fingerprint density at radius 3 is 2.74 bits per heavy atom. The van der Waals surface area contributed by atoms with Crippen molar-refractivity contribution in [2.75, 3.05) is 18.5 Å². The van der Waals surface area contributed by atoms with Gasteiger partial charge in [0.05, 0.1) is 0 Å². The topological polar surface area (TPSA) is 56.8 Å². The van der Waals surface area contributed by atoms with Gasteiger partial charge in [-0.2, -0.15) is 0 Å². The van der Waals surface area contributed by atoms with Crippen LogP contribution in [0, 0.1) is 5.82 Å². The second-order valence-corrected chi connectivity index (χ2v) is 5.07. The summed E-state index contributed by atoms with van der Waals surface area (Å²) in [5.41, 5.74) is 0.578. The summed E-state index contributed by atoms with van der Waals surface area (Å²) in [5.74, 6) is 0.786. The van der Waals surface area contributed by atoms with Crippen molar-refractivity contribution in [2.24, 2.45) is 0 Å². The number of carbonyl (C=O) groups excluding carboxylic acids is 1. The number of benzene rings is 2. The Hall–Kier alpha value is -2.76. The molecule has 0 bridgehead atoms. The summed E-state index contributed by atoms with van der Waals surface area (Å²) < 4.78 is 29.4. The molecule has 1 aliphatic rings. The molecular formula is C17H16FNO4. The van der Waals surface area contributed by atoms with Crippen molar-refractivity contribution in [1.82, 2.24) is 0 Å². The molecule has 1 aliphatic heterocycles. The monoisotopic (exact) mass is 317 g/mol. The average molecular weight is 317 g/mol. The average Bonchev–Trinajstić information content (AvgIpc) is 2.54. The van der Waals surface area contributed by atoms with Crippen LogP contribution in [0.5, 0.6) is 17.2 Å². The first-order valence-electron chi connectivity index (χ1n) is 7.24. The van der Waals surface area contributed by atoms with E-state index in [9.17, 15) is 9.18 Å². The van der Waals surface area contributed by atoms with E-state index >= 15 is 0 Å². The van der Waals surface area contributed by atoms with Crippen LogP contribution in [0.15, 0.2) is 42.5 Å². The highest BCUT2D eigenvalue weighted by Gasteiger charge is 2.17. The number of anilines is 1. The highest BCUT2D eigenvalue weighted by molar-refractivity contribution is 5.94. The quantitative estimate of drug-likeness (QED) is 0.942. The number of fused-ring (bicyclic) bond motifs is 1. The number of hydrogen-bond donors (Lipinski definition) is 1. The molecule has 1 amide bonds. The molecule has 0 fully saturated rings. The Bertz CT molecular complexity index is 719. The summed E-state index contributed by atoms with van der Waals surface area (Å²) in [6, 6.07) is 10.8. The molecule has 0 saturated heterocycles. The lowest BCUT2D eigenvalue weighted by atomic mass is 10.2. The van der Waals surface area contributed by atoms with E-state index in [1.54, 1.807) is 31.2 Å². The first kappa shape index (κ1) is 15.1. The maximum atomic E-state index is 13.1. The third kappa shape index (κ3) is 3.71. The lowest BCUT2D eigenvalue weighted by Gasteiger charge is -2.19. The van der Waals surface area contributed by atoms with Crippen LogP contribution in [0.4, 0.5) is 10.1 Å². The SMILES string of the molecule is C[C@H](Oc1cccc(F)c1)C(=O)Nc1ccc2c(c1)OCCO2. The van der Waals surface area contributed by atoms with Crippen LogP contribution in [0.25, 0.3) is 0 Å². The van der Waals surface area contributed by atoms with Gasteiger partial charge < -0.3 is 19.5 Å². The normalized spacial score (nSPS) is 14.0. The third-order valence-electron chi connectivity index (χ3n) is 3.29. The van der Waals surface area contributed by atoms with E-state index in [-0.39, 0.29) is 5.91 Å². The highest BCUT2D eigenvalue weighted by Crippen LogP contribution is 2.32. The van der Waals surface area contributed by atoms with Gasteiger partial charge >= 0.3 is 0 Å². The predicted molar refractivity (Wildman–Crippen MR) is 82.6 cm³/mol. The second kappa shape index (κ2) is 6.56. The van der Waals surface area contributed by atoms with Crippen LogP contribution in [0.1, 0.15) is 6.92 Å². The van der Waals surface area contributed by atoms with Gasteiger partial charge in [-0.05, 0) is 31.2 Å². The standard InChI is InChI=1S/C17H16FNO4/c1-11(23-14-4-2-3-12(18)9-14)17(20)19-13-5-6-15-16(10-13)22-8-7-21-15/h2-6,9-11H,7-8H2,1H3,(H,19,20)/t11-/m0/s1. The number of nitrogens with one attached hydrogen (secondary N) is 1. The van der Waals surface area contributed by atoms with E-state index in [4.69, 9.17) is 14.2 Å². The molecule has 0 spiro atoms. The Balaban J connectivity index is 1.64. The minimum absolute atomic E-state index is 0.301. The molecule has 0 aromatic heterocycles. The molecule has 0 saturated carbocycles. The maximum Gasteiger partial charge on any atom is 0.265 e. The lowest BCUT2D eigenvalue weighted by molar-refractivity contribution is -0.122. The van der Waals surface area contributed by atoms with E-state index in [0.717, 1.165) is 0 Å². The molecule has 1 N–H and O–H groups in total. The second-order valence-electron chi connectivity index (χ2n) is 5.07. The zero-order valence-corrected chi connectivity index (χ0v) is 12.5. The Morgan fingerprint density at radius 1 is 1.17 bits per heavy atom. The summed E-state index contributed by atoms with van der Waals surface area (Å²) in [6.45, 7) is 2.58. The predicted octanol–water partition coefficient (Wildman–Crippen LogP) is 3.00. The highest BCUT2D eigenvalue weighted by atomic mass is 19.1. The van der Waals surface area contributed by atoms with Crippen molar-refractivity contribution in [3.63, 3.8) is 0 Å². The number of amides is 1. The van der Waals surface area contributed by atoms with Crippen LogP contribution in [0.2, 0.25) is 0 Å². The van der Waals surface area contributed by atoms with Gasteiger partial charge in [-0.3, -0.25) is 4.79 Å². The van der Waals surface area contributed by atoms with Gasteiger partial charge in [-0.25, -0.2) is 4.39 Å². The van der Waals surface area contributed by atoms with Crippen molar-refractivity contribution >= 4 is 11.6 Å². The lowest BCUT2D eigenvalue weighted by Crippen LogP contribution is -2.30. The molecule has 0 radical (unpaired) electrons.